The van der Waals surface area contributed by atoms with E-state index in [0.717, 1.165) is 21.7 Å². The van der Waals surface area contributed by atoms with Crippen molar-refractivity contribution in [2.24, 2.45) is 0 Å². The number of rotatable bonds is 8. The maximum Gasteiger partial charge on any atom is 0.244 e. The Kier molecular flexibility index (Phi) is 9.25. The summed E-state index contributed by atoms with van der Waals surface area (Å²) in [5, 5.41) is 3.55. The summed E-state index contributed by atoms with van der Waals surface area (Å²) >= 11 is 12.7. The maximum atomic E-state index is 13.6. The van der Waals surface area contributed by atoms with Gasteiger partial charge in [-0.15, -0.1) is 0 Å². The largest absolute Gasteiger partial charge is 0.350 e. The Labute approximate surface area is 218 Å². The molecular weight excluding hydrogens is 509 g/mol. The van der Waals surface area contributed by atoms with Crippen molar-refractivity contribution in [3.63, 3.8) is 0 Å². The molecule has 2 aromatic carbocycles. The smallest absolute Gasteiger partial charge is 0.244 e. The van der Waals surface area contributed by atoms with E-state index in [4.69, 9.17) is 23.2 Å². The zero-order chi connectivity index (χ0) is 26.7. The molecule has 0 radical (unpaired) electrons. The van der Waals surface area contributed by atoms with Gasteiger partial charge in [-0.3, -0.25) is 13.9 Å². The Bertz CT molecular complexity index is 1170. The Balaban J connectivity index is 2.50. The van der Waals surface area contributed by atoms with E-state index < -0.39 is 34.1 Å². The monoisotopic (exact) mass is 541 g/mol. The highest BCUT2D eigenvalue weighted by atomic mass is 35.5. The lowest BCUT2D eigenvalue weighted by Crippen LogP contribution is -2.54. The molecule has 1 N–H and O–H groups in total. The molecule has 1 atom stereocenters. The van der Waals surface area contributed by atoms with Crippen LogP contribution in [0.5, 0.6) is 0 Å². The van der Waals surface area contributed by atoms with Crippen molar-refractivity contribution in [3.05, 3.63) is 63.1 Å². The van der Waals surface area contributed by atoms with E-state index in [-0.39, 0.29) is 12.5 Å². The molecule has 0 saturated carbocycles. The summed E-state index contributed by atoms with van der Waals surface area (Å²) in [6.07, 6.45) is 1.04. The summed E-state index contributed by atoms with van der Waals surface area (Å²) in [4.78, 5) is 27.9. The molecule has 0 spiro atoms. The molecule has 0 aliphatic rings. The van der Waals surface area contributed by atoms with Crippen molar-refractivity contribution < 1.29 is 18.0 Å². The first-order chi connectivity index (χ1) is 16.0. The standard InChI is InChI=1S/C25H33Cl2N3O4S/c1-16-11-17(2)13-19(12-16)30(35(7,33)34)15-23(31)29(18(3)24(32)28-25(4,5)6)14-20-21(26)9-8-10-22(20)27/h8-13,18H,14-15H2,1-7H3,(H,28,32)/t18-/m0/s1. The molecule has 0 unspecified atom stereocenters. The van der Waals surface area contributed by atoms with Gasteiger partial charge in [-0.2, -0.15) is 0 Å². The van der Waals surface area contributed by atoms with E-state index in [1.165, 1.54) is 4.90 Å². The van der Waals surface area contributed by atoms with Gasteiger partial charge in [0.25, 0.3) is 0 Å². The number of aryl methyl sites for hydroxylation is 2. The van der Waals surface area contributed by atoms with Gasteiger partial charge >= 0.3 is 0 Å². The first-order valence-electron chi connectivity index (χ1n) is 11.1. The fraction of sp³-hybridized carbons (Fsp3) is 0.440. The third-order valence-corrected chi connectivity index (χ3v) is 7.08. The van der Waals surface area contributed by atoms with Gasteiger partial charge in [-0.1, -0.05) is 35.3 Å². The van der Waals surface area contributed by atoms with E-state index in [2.05, 4.69) is 5.32 Å². The van der Waals surface area contributed by atoms with Crippen LogP contribution in [0.2, 0.25) is 10.0 Å². The molecule has 0 aliphatic heterocycles. The van der Waals surface area contributed by atoms with Crippen LogP contribution in [0.25, 0.3) is 0 Å². The Morgan fingerprint density at radius 1 is 1.03 bits per heavy atom. The second-order valence-corrected chi connectivity index (χ2v) is 12.5. The lowest BCUT2D eigenvalue weighted by molar-refractivity contribution is -0.140. The highest BCUT2D eigenvalue weighted by Gasteiger charge is 2.32. The van der Waals surface area contributed by atoms with Crippen LogP contribution in [0.1, 0.15) is 44.4 Å². The first kappa shape index (κ1) is 28.9. The van der Waals surface area contributed by atoms with Crippen molar-refractivity contribution in [1.82, 2.24) is 10.2 Å². The van der Waals surface area contributed by atoms with Crippen molar-refractivity contribution in [2.75, 3.05) is 17.1 Å². The summed E-state index contributed by atoms with van der Waals surface area (Å²) in [7, 11) is -3.81. The summed E-state index contributed by atoms with van der Waals surface area (Å²) in [5.41, 5.74) is 2.04. The Morgan fingerprint density at radius 2 is 1.54 bits per heavy atom. The number of halogens is 2. The number of carbonyl (C=O) groups is 2. The second-order valence-electron chi connectivity index (χ2n) is 9.75. The zero-order valence-electron chi connectivity index (χ0n) is 21.1. The van der Waals surface area contributed by atoms with Gasteiger partial charge in [0.15, 0.2) is 0 Å². The van der Waals surface area contributed by atoms with Crippen molar-refractivity contribution in [3.8, 4) is 0 Å². The van der Waals surface area contributed by atoms with Gasteiger partial charge in [0, 0.05) is 27.7 Å². The minimum Gasteiger partial charge on any atom is -0.350 e. The fourth-order valence-corrected chi connectivity index (χ4v) is 4.97. The van der Waals surface area contributed by atoms with Crippen LogP contribution in [-0.2, 0) is 26.2 Å². The van der Waals surface area contributed by atoms with E-state index in [1.807, 2.05) is 40.7 Å². The molecule has 0 saturated heterocycles. The number of benzene rings is 2. The number of nitrogens with one attached hydrogen (secondary N) is 1. The third-order valence-electron chi connectivity index (χ3n) is 5.23. The highest BCUT2D eigenvalue weighted by Crippen LogP contribution is 2.27. The topological polar surface area (TPSA) is 86.8 Å². The lowest BCUT2D eigenvalue weighted by Gasteiger charge is -2.33. The minimum absolute atomic E-state index is 0.0689. The van der Waals surface area contributed by atoms with Gasteiger partial charge in [0.05, 0.1) is 11.9 Å². The van der Waals surface area contributed by atoms with Gasteiger partial charge in [-0.05, 0) is 76.9 Å². The van der Waals surface area contributed by atoms with E-state index in [9.17, 15) is 18.0 Å². The molecule has 2 rings (SSSR count). The van der Waals surface area contributed by atoms with Gasteiger partial charge in [0.2, 0.25) is 21.8 Å². The van der Waals surface area contributed by atoms with Crippen molar-refractivity contribution in [1.29, 1.82) is 0 Å². The zero-order valence-corrected chi connectivity index (χ0v) is 23.5. The highest BCUT2D eigenvalue weighted by molar-refractivity contribution is 7.92. The molecule has 35 heavy (non-hydrogen) atoms. The molecule has 0 bridgehead atoms. The van der Waals surface area contributed by atoms with Crippen LogP contribution in [0, 0.1) is 13.8 Å². The van der Waals surface area contributed by atoms with Crippen molar-refractivity contribution in [2.45, 2.75) is 59.7 Å². The predicted octanol–water partition coefficient (Wildman–Crippen LogP) is 4.71. The van der Waals surface area contributed by atoms with Crippen LogP contribution < -0.4 is 9.62 Å². The van der Waals surface area contributed by atoms with Gasteiger partial charge in [0.1, 0.15) is 12.6 Å². The number of hydrogen-bond donors (Lipinski definition) is 1. The number of anilines is 1. The Hall–Kier alpha value is -2.29. The number of hydrogen-bond acceptors (Lipinski definition) is 4. The average molecular weight is 543 g/mol. The summed E-state index contributed by atoms with van der Waals surface area (Å²) < 4.78 is 26.5. The molecular formula is C25H33Cl2N3O4S. The third kappa shape index (κ3) is 8.12. The second kappa shape index (κ2) is 11.2. The quantitative estimate of drug-likeness (QED) is 0.524. The predicted molar refractivity (Wildman–Crippen MR) is 142 cm³/mol. The van der Waals surface area contributed by atoms with Crippen LogP contribution in [-0.4, -0.2) is 49.5 Å². The van der Waals surface area contributed by atoms with Crippen LogP contribution in [0.3, 0.4) is 0 Å². The van der Waals surface area contributed by atoms with Crippen LogP contribution >= 0.6 is 23.2 Å². The van der Waals surface area contributed by atoms with Crippen molar-refractivity contribution >= 4 is 50.7 Å². The molecule has 2 aromatic rings. The average Bonchev–Trinajstić information content (AvgIpc) is 2.68. The van der Waals surface area contributed by atoms with E-state index in [0.29, 0.717) is 21.3 Å². The van der Waals surface area contributed by atoms with Gasteiger partial charge < -0.3 is 10.2 Å². The number of amides is 2. The molecule has 10 heteroatoms. The fourth-order valence-electron chi connectivity index (χ4n) is 3.62. The van der Waals surface area contributed by atoms with E-state index in [1.54, 1.807) is 37.3 Å². The minimum atomic E-state index is -3.81. The van der Waals surface area contributed by atoms with Gasteiger partial charge in [-0.25, -0.2) is 8.42 Å². The SMILES string of the molecule is Cc1cc(C)cc(N(CC(=O)N(Cc2c(Cl)cccc2Cl)[C@@H](C)C(=O)NC(C)(C)C)S(C)(=O)=O)c1. The van der Waals surface area contributed by atoms with E-state index >= 15 is 0 Å². The van der Waals surface area contributed by atoms with Crippen LogP contribution in [0.4, 0.5) is 5.69 Å². The molecule has 192 valence electrons. The van der Waals surface area contributed by atoms with Crippen LogP contribution in [0.15, 0.2) is 36.4 Å². The number of nitrogens with zero attached hydrogens (tertiary/aromatic N) is 2. The summed E-state index contributed by atoms with van der Waals surface area (Å²) in [5.74, 6) is -0.950. The first-order valence-corrected chi connectivity index (χ1v) is 13.7. The normalized spacial score (nSPS) is 12.7. The summed E-state index contributed by atoms with van der Waals surface area (Å²) in [6, 6.07) is 9.36. The summed E-state index contributed by atoms with van der Waals surface area (Å²) in [6.45, 7) is 10.2. The molecule has 0 aliphatic carbocycles. The molecule has 0 heterocycles. The molecule has 0 aromatic heterocycles. The maximum absolute atomic E-state index is 13.6. The lowest BCUT2D eigenvalue weighted by atomic mass is 10.1. The number of sulfonamides is 1. The molecule has 7 nitrogen and oxygen atoms in total. The Morgan fingerprint density at radius 3 is 2.00 bits per heavy atom. The number of carbonyl (C=O) groups excluding carboxylic acids is 2. The molecule has 2 amide bonds. The molecule has 0 fully saturated rings.